The zero-order valence-electron chi connectivity index (χ0n) is 17.1. The van der Waals surface area contributed by atoms with Crippen molar-refractivity contribution in [3.8, 4) is 5.75 Å². The van der Waals surface area contributed by atoms with Gasteiger partial charge in [-0.3, -0.25) is 9.59 Å². The van der Waals surface area contributed by atoms with Crippen LogP contribution in [0.25, 0.3) is 0 Å². The third kappa shape index (κ3) is 4.69. The molecule has 2 aliphatic rings. The third-order valence-corrected chi connectivity index (χ3v) is 5.36. The number of carbonyl (C=O) groups is 2. The second-order valence-corrected chi connectivity index (χ2v) is 7.92. The minimum atomic E-state index is -4.70. The normalized spacial score (nSPS) is 24.7. The molecule has 1 aromatic carbocycles. The molecule has 3 rings (SSSR count). The highest BCUT2D eigenvalue weighted by molar-refractivity contribution is 5.96. The quantitative estimate of drug-likeness (QED) is 0.618. The first kappa shape index (κ1) is 23.1. The number of aliphatic hydroxyl groups excluding tert-OH is 2. The number of para-hydroxylation sites is 1. The van der Waals surface area contributed by atoms with Crippen molar-refractivity contribution in [3.63, 3.8) is 0 Å². The van der Waals surface area contributed by atoms with E-state index in [1.54, 1.807) is 24.3 Å². The fourth-order valence-corrected chi connectivity index (χ4v) is 4.05. The summed E-state index contributed by atoms with van der Waals surface area (Å²) in [5, 5.41) is 22.5. The molecule has 3 N–H and O–H groups in total. The first-order chi connectivity index (χ1) is 14.5. The first-order valence-corrected chi connectivity index (χ1v) is 9.96. The van der Waals surface area contributed by atoms with Crippen molar-refractivity contribution in [1.82, 2.24) is 10.2 Å². The number of nitrogens with one attached hydrogen (secondary N) is 1. The Morgan fingerprint density at radius 2 is 1.94 bits per heavy atom. The van der Waals surface area contributed by atoms with Gasteiger partial charge in [0.15, 0.2) is 0 Å². The van der Waals surface area contributed by atoms with Gasteiger partial charge in [0, 0.05) is 23.6 Å². The van der Waals surface area contributed by atoms with E-state index in [1.165, 1.54) is 19.9 Å². The number of alkyl halides is 3. The lowest BCUT2D eigenvalue weighted by Gasteiger charge is -2.41. The summed E-state index contributed by atoms with van der Waals surface area (Å²) in [5.74, 6) is -2.47. The number of rotatable bonds is 6. The second kappa shape index (κ2) is 8.88. The van der Waals surface area contributed by atoms with Crippen LogP contribution in [0.2, 0.25) is 0 Å². The van der Waals surface area contributed by atoms with Crippen molar-refractivity contribution < 1.29 is 37.7 Å². The van der Waals surface area contributed by atoms with Crippen LogP contribution in [-0.2, 0) is 9.59 Å². The summed E-state index contributed by atoms with van der Waals surface area (Å²) in [4.78, 5) is 26.0. The molecule has 0 aromatic heterocycles. The number of halogens is 3. The summed E-state index contributed by atoms with van der Waals surface area (Å²) in [7, 11) is 0. The Labute approximate surface area is 177 Å². The maximum Gasteiger partial charge on any atom is 0.406 e. The van der Waals surface area contributed by atoms with Crippen LogP contribution in [0.4, 0.5) is 13.2 Å². The SMILES string of the molecule is CC(C)C(=O)N(CC(F)(F)F)C1C=C(C(=O)NCCO)C2c3ccccc3OC2C1O. The Bertz CT molecular complexity index is 871. The zero-order chi connectivity index (χ0) is 22.9. The predicted molar refractivity (Wildman–Crippen MR) is 104 cm³/mol. The molecular formula is C21H25F3N2O5. The molecule has 0 saturated heterocycles. The van der Waals surface area contributed by atoms with Crippen molar-refractivity contribution in [2.24, 2.45) is 5.92 Å². The number of hydrogen-bond donors (Lipinski definition) is 3. The van der Waals surface area contributed by atoms with E-state index in [1.807, 2.05) is 0 Å². The summed E-state index contributed by atoms with van der Waals surface area (Å²) in [6.45, 7) is 0.978. The Morgan fingerprint density at radius 3 is 2.55 bits per heavy atom. The lowest BCUT2D eigenvalue weighted by atomic mass is 9.77. The number of ether oxygens (including phenoxy) is 1. The van der Waals surface area contributed by atoms with Crippen LogP contribution in [-0.4, -0.2) is 71.0 Å². The Kier molecular flexibility index (Phi) is 6.61. The summed E-state index contributed by atoms with van der Waals surface area (Å²) in [5.41, 5.74) is 0.704. The molecule has 10 heteroatoms. The highest BCUT2D eigenvalue weighted by atomic mass is 19.4. The van der Waals surface area contributed by atoms with E-state index in [4.69, 9.17) is 9.84 Å². The molecule has 2 amide bonds. The smallest absolute Gasteiger partial charge is 0.406 e. The summed E-state index contributed by atoms with van der Waals surface area (Å²) in [6, 6.07) is 5.37. The topological polar surface area (TPSA) is 99.1 Å². The van der Waals surface area contributed by atoms with Gasteiger partial charge >= 0.3 is 6.18 Å². The number of aliphatic hydroxyl groups is 2. The summed E-state index contributed by atoms with van der Waals surface area (Å²) < 4.78 is 45.7. The Hall–Kier alpha value is -2.59. The monoisotopic (exact) mass is 442 g/mol. The van der Waals surface area contributed by atoms with E-state index < -0.39 is 54.6 Å². The predicted octanol–water partition coefficient (Wildman–Crippen LogP) is 1.36. The van der Waals surface area contributed by atoms with Gasteiger partial charge in [-0.05, 0) is 12.1 Å². The van der Waals surface area contributed by atoms with Gasteiger partial charge in [0.2, 0.25) is 11.8 Å². The maximum atomic E-state index is 13.3. The fraction of sp³-hybridized carbons (Fsp3) is 0.524. The van der Waals surface area contributed by atoms with Gasteiger partial charge in [-0.2, -0.15) is 13.2 Å². The van der Waals surface area contributed by atoms with E-state index in [2.05, 4.69) is 5.32 Å². The highest BCUT2D eigenvalue weighted by Gasteiger charge is 2.51. The van der Waals surface area contributed by atoms with Gasteiger partial charge in [-0.25, -0.2) is 0 Å². The van der Waals surface area contributed by atoms with Crippen molar-refractivity contribution in [2.75, 3.05) is 19.7 Å². The van der Waals surface area contributed by atoms with Crippen molar-refractivity contribution in [1.29, 1.82) is 0 Å². The number of fused-ring (bicyclic) bond motifs is 3. The number of amides is 2. The Balaban J connectivity index is 2.07. The Morgan fingerprint density at radius 1 is 1.26 bits per heavy atom. The van der Waals surface area contributed by atoms with Gasteiger partial charge in [0.1, 0.15) is 24.5 Å². The fourth-order valence-electron chi connectivity index (χ4n) is 4.05. The van der Waals surface area contributed by atoms with Crippen LogP contribution >= 0.6 is 0 Å². The standard InChI is InChI=1S/C21H25F3N2O5/c1-11(2)20(30)26(10-21(22,23)24)14-9-13(19(29)25-7-8-27)16-12-5-3-4-6-15(12)31-18(16)17(14)28/h3-6,9,11,14,16-18,27-28H,7-8,10H2,1-2H3,(H,25,29). The number of hydrogen-bond acceptors (Lipinski definition) is 5. The number of benzene rings is 1. The van der Waals surface area contributed by atoms with E-state index in [9.17, 15) is 27.9 Å². The molecule has 170 valence electrons. The van der Waals surface area contributed by atoms with E-state index in [0.717, 1.165) is 0 Å². The van der Waals surface area contributed by atoms with Crippen molar-refractivity contribution in [2.45, 2.75) is 44.2 Å². The molecule has 1 aromatic rings. The minimum absolute atomic E-state index is 0.0551. The van der Waals surface area contributed by atoms with Crippen molar-refractivity contribution >= 4 is 11.8 Å². The number of carbonyl (C=O) groups excluding carboxylic acids is 2. The lowest BCUT2D eigenvalue weighted by Crippen LogP contribution is -2.58. The van der Waals surface area contributed by atoms with Crippen LogP contribution in [0.1, 0.15) is 25.3 Å². The molecule has 31 heavy (non-hydrogen) atoms. The van der Waals surface area contributed by atoms with Gasteiger partial charge in [0.05, 0.1) is 18.6 Å². The third-order valence-electron chi connectivity index (χ3n) is 5.36. The van der Waals surface area contributed by atoms with Gasteiger partial charge < -0.3 is 25.2 Å². The molecular weight excluding hydrogens is 417 g/mol. The number of nitrogens with zero attached hydrogens (tertiary/aromatic N) is 1. The largest absolute Gasteiger partial charge is 0.486 e. The lowest BCUT2D eigenvalue weighted by molar-refractivity contribution is -0.172. The molecule has 0 radical (unpaired) electrons. The molecule has 0 spiro atoms. The average Bonchev–Trinajstić information content (AvgIpc) is 3.10. The van der Waals surface area contributed by atoms with Crippen molar-refractivity contribution in [3.05, 3.63) is 41.5 Å². The molecule has 1 aliphatic carbocycles. The highest BCUT2D eigenvalue weighted by Crippen LogP contribution is 2.47. The van der Waals surface area contributed by atoms with Crippen LogP contribution in [0, 0.1) is 5.92 Å². The molecule has 7 nitrogen and oxygen atoms in total. The van der Waals surface area contributed by atoms with Crippen LogP contribution in [0.5, 0.6) is 5.75 Å². The summed E-state index contributed by atoms with van der Waals surface area (Å²) >= 11 is 0. The first-order valence-electron chi connectivity index (χ1n) is 9.96. The minimum Gasteiger partial charge on any atom is -0.486 e. The van der Waals surface area contributed by atoms with E-state index in [-0.39, 0.29) is 18.7 Å². The molecule has 0 bridgehead atoms. The van der Waals surface area contributed by atoms with E-state index >= 15 is 0 Å². The van der Waals surface area contributed by atoms with Gasteiger partial charge in [-0.15, -0.1) is 0 Å². The van der Waals surface area contributed by atoms with E-state index in [0.29, 0.717) is 16.2 Å². The van der Waals surface area contributed by atoms with Crippen LogP contribution in [0.3, 0.4) is 0 Å². The maximum absolute atomic E-state index is 13.3. The summed E-state index contributed by atoms with van der Waals surface area (Å²) in [6.07, 6.45) is -6.01. The second-order valence-electron chi connectivity index (χ2n) is 7.92. The molecule has 1 heterocycles. The van der Waals surface area contributed by atoms with Gasteiger partial charge in [-0.1, -0.05) is 32.0 Å². The van der Waals surface area contributed by atoms with Gasteiger partial charge in [0.25, 0.3) is 0 Å². The molecule has 0 saturated carbocycles. The molecule has 1 aliphatic heterocycles. The molecule has 4 atom stereocenters. The van der Waals surface area contributed by atoms with Crippen LogP contribution < -0.4 is 10.1 Å². The molecule has 0 fully saturated rings. The average molecular weight is 442 g/mol. The zero-order valence-corrected chi connectivity index (χ0v) is 17.1. The molecule has 4 unspecified atom stereocenters. The van der Waals surface area contributed by atoms with Crippen LogP contribution in [0.15, 0.2) is 35.9 Å².